The van der Waals surface area contributed by atoms with E-state index in [4.69, 9.17) is 0 Å². The molecule has 1 saturated carbocycles. The first kappa shape index (κ1) is 19.2. The summed E-state index contributed by atoms with van der Waals surface area (Å²) in [7, 11) is -1.44. The van der Waals surface area contributed by atoms with Crippen molar-refractivity contribution in [1.82, 2.24) is 10.2 Å². The third kappa shape index (κ3) is 3.76. The topological polar surface area (TPSA) is 66.5 Å². The number of nitrogens with one attached hydrogen (secondary N) is 1. The van der Waals surface area contributed by atoms with E-state index in [-0.39, 0.29) is 29.6 Å². The first-order valence-corrected chi connectivity index (χ1v) is 9.86. The summed E-state index contributed by atoms with van der Waals surface area (Å²) >= 11 is 0. The van der Waals surface area contributed by atoms with Crippen LogP contribution in [0.3, 0.4) is 0 Å². The highest BCUT2D eigenvalue weighted by Gasteiger charge is 2.30. The first-order valence-electron chi connectivity index (χ1n) is 8.32. The van der Waals surface area contributed by atoms with E-state index in [0.29, 0.717) is 10.5 Å². The van der Waals surface area contributed by atoms with Gasteiger partial charge in [-0.1, -0.05) is 12.8 Å². The molecule has 0 radical (unpaired) electrons. The van der Waals surface area contributed by atoms with Gasteiger partial charge < -0.3 is 10.2 Å². The number of nitrogens with zero attached hydrogens (tertiary/aromatic N) is 1. The Kier molecular flexibility index (Phi) is 6.28. The molecule has 5 nitrogen and oxygen atoms in total. The fraction of sp³-hybridized carbons (Fsp3) is 0.588. The number of halogens is 1. The molecule has 2 aliphatic rings. The van der Waals surface area contributed by atoms with Crippen molar-refractivity contribution in [3.8, 4) is 0 Å². The van der Waals surface area contributed by atoms with Crippen molar-refractivity contribution in [1.29, 1.82) is 0 Å². The minimum absolute atomic E-state index is 0. The molecule has 134 valence electrons. The molecule has 1 aromatic carbocycles. The van der Waals surface area contributed by atoms with Crippen molar-refractivity contribution in [3.63, 3.8) is 0 Å². The maximum absolute atomic E-state index is 12.6. The molecule has 1 atom stereocenters. The molecule has 1 N–H and O–H groups in total. The van der Waals surface area contributed by atoms with E-state index in [9.17, 15) is 13.2 Å². The van der Waals surface area contributed by atoms with Crippen molar-refractivity contribution < 1.29 is 13.2 Å². The Morgan fingerprint density at radius 3 is 2.29 bits per heavy atom. The number of carbonyl (C=O) groups excluding carboxylic acids is 1. The minimum atomic E-state index is -3.25. The van der Waals surface area contributed by atoms with Crippen LogP contribution in [0.25, 0.3) is 0 Å². The van der Waals surface area contributed by atoms with Crippen LogP contribution >= 0.6 is 12.4 Å². The second-order valence-corrected chi connectivity index (χ2v) is 8.77. The molecule has 1 heterocycles. The van der Waals surface area contributed by atoms with Gasteiger partial charge in [0.05, 0.1) is 10.1 Å². The van der Waals surface area contributed by atoms with Crippen LogP contribution in [-0.4, -0.2) is 50.7 Å². The third-order valence-electron chi connectivity index (χ3n) is 5.07. The zero-order chi connectivity index (χ0) is 16.4. The fourth-order valence-corrected chi connectivity index (χ4v) is 5.37. The summed E-state index contributed by atoms with van der Waals surface area (Å²) in [5.41, 5.74) is 0.546. The normalized spacial score (nSPS) is 21.5. The SMILES string of the molecule is CN(C(=O)c1ccc(S(=O)(=O)C2CCCC2)cc1)C1CCNC1.Cl. The van der Waals surface area contributed by atoms with Gasteiger partial charge in [0.15, 0.2) is 9.84 Å². The molecule has 0 aromatic heterocycles. The van der Waals surface area contributed by atoms with E-state index < -0.39 is 9.84 Å². The highest BCUT2D eigenvalue weighted by atomic mass is 35.5. The van der Waals surface area contributed by atoms with Gasteiger partial charge in [-0.25, -0.2) is 8.42 Å². The molecule has 3 rings (SSSR count). The van der Waals surface area contributed by atoms with Crippen LogP contribution in [0.1, 0.15) is 42.5 Å². The van der Waals surface area contributed by atoms with Gasteiger partial charge in [0.25, 0.3) is 5.91 Å². The third-order valence-corrected chi connectivity index (χ3v) is 7.35. The van der Waals surface area contributed by atoms with Gasteiger partial charge in [0.1, 0.15) is 0 Å². The zero-order valence-corrected chi connectivity index (χ0v) is 15.5. The molecule has 1 unspecified atom stereocenters. The average molecular weight is 373 g/mol. The first-order chi connectivity index (χ1) is 11.0. The summed E-state index contributed by atoms with van der Waals surface area (Å²) in [6, 6.07) is 6.67. The Bertz CT molecular complexity index is 664. The van der Waals surface area contributed by atoms with Crippen LogP contribution in [0.4, 0.5) is 0 Å². The lowest BCUT2D eigenvalue weighted by molar-refractivity contribution is 0.0743. The van der Waals surface area contributed by atoms with E-state index in [1.54, 1.807) is 29.2 Å². The monoisotopic (exact) mass is 372 g/mol. The number of rotatable bonds is 4. The molecule has 1 saturated heterocycles. The molecule has 1 aliphatic heterocycles. The molecule has 0 spiro atoms. The lowest BCUT2D eigenvalue weighted by Gasteiger charge is -2.24. The summed E-state index contributed by atoms with van der Waals surface area (Å²) in [5, 5.41) is 2.99. The number of hydrogen-bond donors (Lipinski definition) is 1. The molecular weight excluding hydrogens is 348 g/mol. The van der Waals surface area contributed by atoms with E-state index in [2.05, 4.69) is 5.32 Å². The van der Waals surface area contributed by atoms with Crippen LogP contribution < -0.4 is 5.32 Å². The van der Waals surface area contributed by atoms with Crippen molar-refractivity contribution in [2.75, 3.05) is 20.1 Å². The Morgan fingerprint density at radius 1 is 1.12 bits per heavy atom. The van der Waals surface area contributed by atoms with Crippen molar-refractivity contribution >= 4 is 28.2 Å². The lowest BCUT2D eigenvalue weighted by Crippen LogP contribution is -2.38. The molecule has 7 heteroatoms. The lowest BCUT2D eigenvalue weighted by atomic mass is 10.1. The van der Waals surface area contributed by atoms with Gasteiger partial charge in [-0.2, -0.15) is 0 Å². The standard InChI is InChI=1S/C17H24N2O3S.ClH/c1-19(14-10-11-18-12-14)17(20)13-6-8-16(9-7-13)23(21,22)15-4-2-3-5-15;/h6-9,14-15,18H,2-5,10-12H2,1H3;1H. The van der Waals surface area contributed by atoms with Crippen LogP contribution in [0.5, 0.6) is 0 Å². The maximum atomic E-state index is 12.6. The van der Waals surface area contributed by atoms with E-state index in [1.165, 1.54) is 0 Å². The summed E-state index contributed by atoms with van der Waals surface area (Å²) in [6.45, 7) is 1.75. The highest BCUT2D eigenvalue weighted by Crippen LogP contribution is 2.29. The van der Waals surface area contributed by atoms with E-state index in [0.717, 1.165) is 45.2 Å². The van der Waals surface area contributed by atoms with E-state index in [1.807, 2.05) is 7.05 Å². The zero-order valence-electron chi connectivity index (χ0n) is 13.9. The predicted octanol–water partition coefficient (Wildman–Crippen LogP) is 2.26. The second kappa shape index (κ2) is 7.85. The summed E-state index contributed by atoms with van der Waals surface area (Å²) in [4.78, 5) is 14.6. The van der Waals surface area contributed by atoms with Gasteiger partial charge >= 0.3 is 0 Å². The second-order valence-electron chi connectivity index (χ2n) is 6.54. The molecule has 1 amide bonds. The largest absolute Gasteiger partial charge is 0.337 e. The summed E-state index contributed by atoms with van der Waals surface area (Å²) in [5.74, 6) is -0.0523. The number of amides is 1. The summed E-state index contributed by atoms with van der Waals surface area (Å²) < 4.78 is 25.1. The average Bonchev–Trinajstić information content (AvgIpc) is 3.26. The fourth-order valence-electron chi connectivity index (χ4n) is 3.52. The molecule has 0 bridgehead atoms. The Hall–Kier alpha value is -1.11. The van der Waals surface area contributed by atoms with Gasteiger partial charge in [-0.05, 0) is 50.1 Å². The summed E-state index contributed by atoms with van der Waals surface area (Å²) in [6.07, 6.45) is 4.43. The predicted molar refractivity (Wildman–Crippen MR) is 96.5 cm³/mol. The molecule has 24 heavy (non-hydrogen) atoms. The number of sulfone groups is 1. The van der Waals surface area contributed by atoms with Gasteiger partial charge in [0, 0.05) is 25.2 Å². The van der Waals surface area contributed by atoms with E-state index >= 15 is 0 Å². The van der Waals surface area contributed by atoms with Gasteiger partial charge in [-0.15, -0.1) is 12.4 Å². The molecule has 1 aliphatic carbocycles. The molecule has 1 aromatic rings. The smallest absolute Gasteiger partial charge is 0.253 e. The number of carbonyl (C=O) groups is 1. The Labute approximate surface area is 150 Å². The van der Waals surface area contributed by atoms with Crippen molar-refractivity contribution in [2.24, 2.45) is 0 Å². The molecular formula is C17H25ClN2O3S. The molecule has 2 fully saturated rings. The van der Waals surface area contributed by atoms with Crippen LogP contribution in [0.15, 0.2) is 29.2 Å². The van der Waals surface area contributed by atoms with Gasteiger partial charge in [0.2, 0.25) is 0 Å². The Balaban J connectivity index is 0.00000208. The minimum Gasteiger partial charge on any atom is -0.337 e. The number of likely N-dealkylation sites (N-methyl/N-ethyl adjacent to an activating group) is 1. The number of benzene rings is 1. The van der Waals surface area contributed by atoms with Crippen molar-refractivity contribution in [3.05, 3.63) is 29.8 Å². The van der Waals surface area contributed by atoms with Crippen LogP contribution in [0.2, 0.25) is 0 Å². The van der Waals surface area contributed by atoms with Crippen LogP contribution in [-0.2, 0) is 9.84 Å². The quantitative estimate of drug-likeness (QED) is 0.880. The maximum Gasteiger partial charge on any atom is 0.253 e. The van der Waals surface area contributed by atoms with Crippen LogP contribution in [0, 0.1) is 0 Å². The highest BCUT2D eigenvalue weighted by molar-refractivity contribution is 7.92. The van der Waals surface area contributed by atoms with Gasteiger partial charge in [-0.3, -0.25) is 4.79 Å². The Morgan fingerprint density at radius 2 is 1.75 bits per heavy atom. The number of hydrogen-bond acceptors (Lipinski definition) is 4. The van der Waals surface area contributed by atoms with Crippen molar-refractivity contribution in [2.45, 2.75) is 48.3 Å².